The van der Waals surface area contributed by atoms with Gasteiger partial charge in [-0.3, -0.25) is 4.98 Å². The second kappa shape index (κ2) is 11.5. The molecule has 0 bridgehead atoms. The van der Waals surface area contributed by atoms with Crippen LogP contribution in [0, 0.1) is 11.3 Å². The number of nitriles is 1. The average Bonchev–Trinajstić information content (AvgIpc) is 3.14. The van der Waals surface area contributed by atoms with Crippen LogP contribution in [0.4, 0.5) is 17.1 Å². The monoisotopic (exact) mass is 603 g/mol. The molecule has 6 aromatic carbocycles. The van der Waals surface area contributed by atoms with E-state index in [-0.39, 0.29) is 0 Å². The smallest absolute Gasteiger partial charge is 0.184 e. The maximum Gasteiger partial charge on any atom is 0.184 e. The van der Waals surface area contributed by atoms with Crippen LogP contribution in [-0.4, -0.2) is 13.1 Å². The summed E-state index contributed by atoms with van der Waals surface area (Å²) >= 11 is 0. The number of rotatable bonds is 5. The molecule has 0 amide bonds. The Labute approximate surface area is 270 Å². The molecule has 7 aromatic rings. The number of fused-ring (bicyclic) bond motifs is 2. The lowest BCUT2D eigenvalue weighted by Gasteiger charge is -2.45. The highest BCUT2D eigenvalue weighted by Crippen LogP contribution is 2.39. The van der Waals surface area contributed by atoms with E-state index in [1.165, 1.54) is 32.1 Å². The number of hydrogen-bond donors (Lipinski definition) is 0. The minimum atomic E-state index is -2.66. The van der Waals surface area contributed by atoms with E-state index in [4.69, 9.17) is 0 Å². The molecule has 0 spiro atoms. The van der Waals surface area contributed by atoms with Crippen LogP contribution in [-0.2, 0) is 0 Å². The molecule has 4 heteroatoms. The molecule has 0 aliphatic carbocycles. The minimum absolute atomic E-state index is 0.569. The van der Waals surface area contributed by atoms with Gasteiger partial charge in [0.1, 0.15) is 6.07 Å². The lowest BCUT2D eigenvalue weighted by Crippen LogP contribution is -2.77. The standard InChI is InChI=1S/C42H29N3Si/c43-30-34-17-13-27-44-42(34)33-16-11-14-31(28-33)32-15-12-18-35(29-32)45-38-23-7-9-25-40(38)46(36-19-3-1-4-20-36,37-21-5-2-6-22-37)41-26-10-8-24-39(41)45/h1-29H. The third-order valence-corrected chi connectivity index (χ3v) is 13.9. The number of benzene rings is 6. The van der Waals surface area contributed by atoms with Gasteiger partial charge < -0.3 is 4.90 Å². The lowest BCUT2D eigenvalue weighted by atomic mass is 9.99. The lowest BCUT2D eigenvalue weighted by molar-refractivity contribution is 1.29. The summed E-state index contributed by atoms with van der Waals surface area (Å²) in [6, 6.07) is 63.1. The Hall–Kier alpha value is -6.02. The normalized spacial score (nSPS) is 12.9. The molecule has 1 aliphatic rings. The van der Waals surface area contributed by atoms with E-state index in [9.17, 15) is 5.26 Å². The van der Waals surface area contributed by atoms with Crippen LogP contribution in [0.25, 0.3) is 22.4 Å². The van der Waals surface area contributed by atoms with E-state index in [2.05, 4.69) is 162 Å². The van der Waals surface area contributed by atoms with Gasteiger partial charge in [-0.05, 0) is 74.3 Å². The molecule has 1 aliphatic heterocycles. The number of anilines is 3. The third kappa shape index (κ3) is 4.37. The predicted molar refractivity (Wildman–Crippen MR) is 192 cm³/mol. The summed E-state index contributed by atoms with van der Waals surface area (Å²) in [5, 5.41) is 15.2. The Morgan fingerprint density at radius 1 is 0.500 bits per heavy atom. The molecule has 0 saturated carbocycles. The van der Waals surface area contributed by atoms with Crippen LogP contribution < -0.4 is 25.6 Å². The summed E-state index contributed by atoms with van der Waals surface area (Å²) in [5.41, 5.74) is 7.88. The zero-order valence-electron chi connectivity index (χ0n) is 25.1. The molecule has 0 saturated heterocycles. The molecule has 46 heavy (non-hydrogen) atoms. The van der Waals surface area contributed by atoms with Crippen LogP contribution in [0.1, 0.15) is 5.56 Å². The van der Waals surface area contributed by atoms with Crippen LogP contribution in [0.5, 0.6) is 0 Å². The SMILES string of the molecule is N#Cc1cccnc1-c1cccc(-c2cccc(N3c4ccccc4[Si](c4ccccc4)(c4ccccc4)c4ccccc43)c2)c1. The number of hydrogen-bond acceptors (Lipinski definition) is 3. The summed E-state index contributed by atoms with van der Waals surface area (Å²) in [6.07, 6.45) is 1.74. The summed E-state index contributed by atoms with van der Waals surface area (Å²) in [6.45, 7) is 0. The van der Waals surface area contributed by atoms with Gasteiger partial charge in [0.2, 0.25) is 0 Å². The van der Waals surface area contributed by atoms with E-state index >= 15 is 0 Å². The van der Waals surface area contributed by atoms with Crippen molar-refractivity contribution in [1.82, 2.24) is 4.98 Å². The second-order valence-corrected chi connectivity index (χ2v) is 15.2. The van der Waals surface area contributed by atoms with Crippen LogP contribution >= 0.6 is 0 Å². The van der Waals surface area contributed by atoms with Crippen molar-refractivity contribution in [3.05, 3.63) is 182 Å². The van der Waals surface area contributed by atoms with E-state index in [1.54, 1.807) is 12.3 Å². The van der Waals surface area contributed by atoms with E-state index in [1.807, 2.05) is 18.2 Å². The maximum atomic E-state index is 9.70. The quantitative estimate of drug-likeness (QED) is 0.192. The van der Waals surface area contributed by atoms with E-state index in [0.717, 1.165) is 22.4 Å². The number of aromatic nitrogens is 1. The topological polar surface area (TPSA) is 39.9 Å². The average molecular weight is 604 g/mol. The summed E-state index contributed by atoms with van der Waals surface area (Å²) < 4.78 is 0. The first-order valence-corrected chi connectivity index (χ1v) is 17.5. The van der Waals surface area contributed by atoms with Crippen molar-refractivity contribution in [1.29, 1.82) is 5.26 Å². The Morgan fingerprint density at radius 3 is 1.67 bits per heavy atom. The Kier molecular flexibility index (Phi) is 6.87. The van der Waals surface area contributed by atoms with Crippen molar-refractivity contribution < 1.29 is 0 Å². The Balaban J connectivity index is 1.33. The van der Waals surface area contributed by atoms with Crippen LogP contribution in [0.3, 0.4) is 0 Å². The highest BCUT2D eigenvalue weighted by atomic mass is 28.3. The highest BCUT2D eigenvalue weighted by molar-refractivity contribution is 7.21. The maximum absolute atomic E-state index is 9.70. The fraction of sp³-hybridized carbons (Fsp3) is 0. The molecular formula is C42H29N3Si. The molecule has 8 rings (SSSR count). The predicted octanol–water partition coefficient (Wildman–Crippen LogP) is 7.45. The van der Waals surface area contributed by atoms with Crippen molar-refractivity contribution in [2.75, 3.05) is 4.90 Å². The fourth-order valence-electron chi connectivity index (χ4n) is 7.09. The van der Waals surface area contributed by atoms with Crippen molar-refractivity contribution in [2.45, 2.75) is 0 Å². The molecule has 2 heterocycles. The van der Waals surface area contributed by atoms with E-state index in [0.29, 0.717) is 11.3 Å². The van der Waals surface area contributed by atoms with Gasteiger partial charge in [0.05, 0.1) is 11.3 Å². The number of para-hydroxylation sites is 2. The van der Waals surface area contributed by atoms with Crippen molar-refractivity contribution in [2.24, 2.45) is 0 Å². The van der Waals surface area contributed by atoms with Crippen molar-refractivity contribution >= 4 is 45.9 Å². The molecule has 216 valence electrons. The first-order valence-electron chi connectivity index (χ1n) is 15.5. The Bertz CT molecular complexity index is 2150. The van der Waals surface area contributed by atoms with Gasteiger partial charge in [0.15, 0.2) is 8.07 Å². The van der Waals surface area contributed by atoms with Gasteiger partial charge >= 0.3 is 0 Å². The zero-order valence-corrected chi connectivity index (χ0v) is 26.1. The van der Waals surface area contributed by atoms with Gasteiger partial charge in [-0.15, -0.1) is 0 Å². The molecule has 0 atom stereocenters. The molecule has 0 N–H and O–H groups in total. The second-order valence-electron chi connectivity index (χ2n) is 11.5. The van der Waals surface area contributed by atoms with Crippen molar-refractivity contribution in [3.8, 4) is 28.5 Å². The van der Waals surface area contributed by atoms with Gasteiger partial charge in [-0.2, -0.15) is 5.26 Å². The minimum Gasteiger partial charge on any atom is -0.311 e. The van der Waals surface area contributed by atoms with Gasteiger partial charge in [0.25, 0.3) is 0 Å². The molecule has 1 aromatic heterocycles. The van der Waals surface area contributed by atoms with Crippen LogP contribution in [0.15, 0.2) is 176 Å². The zero-order chi connectivity index (χ0) is 30.9. The largest absolute Gasteiger partial charge is 0.311 e. The number of pyridine rings is 1. The van der Waals surface area contributed by atoms with Gasteiger partial charge in [-0.1, -0.05) is 127 Å². The Morgan fingerprint density at radius 2 is 1.04 bits per heavy atom. The summed E-state index contributed by atoms with van der Waals surface area (Å²) in [5.74, 6) is 0. The molecule has 3 nitrogen and oxygen atoms in total. The molecule has 0 unspecified atom stereocenters. The third-order valence-electron chi connectivity index (χ3n) is 9.01. The first-order chi connectivity index (χ1) is 22.8. The van der Waals surface area contributed by atoms with E-state index < -0.39 is 8.07 Å². The molecular weight excluding hydrogens is 575 g/mol. The molecule has 0 radical (unpaired) electrons. The van der Waals surface area contributed by atoms with Crippen LogP contribution in [0.2, 0.25) is 0 Å². The summed E-state index contributed by atoms with van der Waals surface area (Å²) in [7, 11) is -2.66. The molecule has 0 fully saturated rings. The highest BCUT2D eigenvalue weighted by Gasteiger charge is 2.48. The number of nitrogens with zero attached hydrogens (tertiary/aromatic N) is 3. The van der Waals surface area contributed by atoms with Gasteiger partial charge in [0, 0.05) is 28.8 Å². The van der Waals surface area contributed by atoms with Gasteiger partial charge in [-0.25, -0.2) is 0 Å². The first kappa shape index (κ1) is 27.5. The fourth-order valence-corrected chi connectivity index (χ4v) is 12.2. The van der Waals surface area contributed by atoms with Crippen molar-refractivity contribution in [3.63, 3.8) is 0 Å². The summed E-state index contributed by atoms with van der Waals surface area (Å²) in [4.78, 5) is 6.96.